The molecule has 0 unspecified atom stereocenters. The van der Waals surface area contributed by atoms with E-state index in [1.165, 1.54) is 21.0 Å². The molecule has 0 amide bonds. The van der Waals surface area contributed by atoms with E-state index in [9.17, 15) is 0 Å². The van der Waals surface area contributed by atoms with E-state index in [4.69, 9.17) is 10.7 Å². The molecule has 0 bridgehead atoms. The first kappa shape index (κ1) is 16.2. The van der Waals surface area contributed by atoms with Gasteiger partial charge in [0.25, 0.3) is 0 Å². The maximum atomic E-state index is 5.75. The van der Waals surface area contributed by atoms with Gasteiger partial charge in [-0.1, -0.05) is 52.0 Å². The van der Waals surface area contributed by atoms with Gasteiger partial charge < -0.3 is 5.73 Å². The Kier molecular flexibility index (Phi) is 5.17. The Morgan fingerprint density at radius 1 is 1.10 bits per heavy atom. The maximum Gasteiger partial charge on any atom is 0.0935 e. The van der Waals surface area contributed by atoms with Gasteiger partial charge in [-0.25, -0.2) is 4.98 Å². The summed E-state index contributed by atoms with van der Waals surface area (Å²) in [5, 5.41) is 1.23. The number of rotatable bonds is 5. The van der Waals surface area contributed by atoms with Crippen molar-refractivity contribution < 1.29 is 0 Å². The summed E-state index contributed by atoms with van der Waals surface area (Å²) in [6, 6.07) is 8.84. The molecule has 0 radical (unpaired) electrons. The van der Waals surface area contributed by atoms with Crippen LogP contribution in [0.1, 0.15) is 49.6 Å². The molecule has 0 saturated heterocycles. The molecule has 2 nitrogen and oxygen atoms in total. The largest absolute Gasteiger partial charge is 0.330 e. The van der Waals surface area contributed by atoms with Crippen LogP contribution in [-0.2, 0) is 18.3 Å². The van der Waals surface area contributed by atoms with Crippen LogP contribution in [0.25, 0.3) is 11.3 Å². The standard InChI is InChI=1S/C18H26N2S/c1-5-6-16-20-17(15(21-16)11-12-19)13-7-9-14(10-8-13)18(2,3)4/h7-10H,5-6,11-12,19H2,1-4H3. The lowest BCUT2D eigenvalue weighted by atomic mass is 9.86. The molecule has 0 fully saturated rings. The molecule has 0 atom stereocenters. The minimum absolute atomic E-state index is 0.189. The molecule has 21 heavy (non-hydrogen) atoms. The summed E-state index contributed by atoms with van der Waals surface area (Å²) in [6.45, 7) is 9.60. The molecule has 0 saturated carbocycles. The first-order valence-corrected chi connectivity index (χ1v) is 8.57. The van der Waals surface area contributed by atoms with Crippen molar-refractivity contribution >= 4 is 11.3 Å². The molecular formula is C18H26N2S. The van der Waals surface area contributed by atoms with Crippen LogP contribution in [0.3, 0.4) is 0 Å². The third-order valence-corrected chi connectivity index (χ3v) is 4.78. The first-order chi connectivity index (χ1) is 9.95. The van der Waals surface area contributed by atoms with E-state index in [0.717, 1.165) is 25.0 Å². The van der Waals surface area contributed by atoms with Gasteiger partial charge in [0.05, 0.1) is 10.7 Å². The van der Waals surface area contributed by atoms with E-state index in [1.54, 1.807) is 0 Å². The molecule has 1 heterocycles. The monoisotopic (exact) mass is 302 g/mol. The second kappa shape index (κ2) is 6.71. The van der Waals surface area contributed by atoms with Gasteiger partial charge in [-0.3, -0.25) is 0 Å². The highest BCUT2D eigenvalue weighted by Crippen LogP contribution is 2.31. The Morgan fingerprint density at radius 3 is 2.29 bits per heavy atom. The summed E-state index contributed by atoms with van der Waals surface area (Å²) in [6.07, 6.45) is 3.11. The highest BCUT2D eigenvalue weighted by molar-refractivity contribution is 7.12. The number of thiazole rings is 1. The highest BCUT2D eigenvalue weighted by atomic mass is 32.1. The third kappa shape index (κ3) is 3.92. The van der Waals surface area contributed by atoms with Gasteiger partial charge >= 0.3 is 0 Å². The van der Waals surface area contributed by atoms with Crippen molar-refractivity contribution in [2.24, 2.45) is 5.73 Å². The van der Waals surface area contributed by atoms with Crippen molar-refractivity contribution in [2.75, 3.05) is 6.54 Å². The fourth-order valence-corrected chi connectivity index (χ4v) is 3.58. The Balaban J connectivity index is 2.36. The van der Waals surface area contributed by atoms with Gasteiger partial charge in [0.1, 0.15) is 0 Å². The lowest BCUT2D eigenvalue weighted by Gasteiger charge is -2.19. The van der Waals surface area contributed by atoms with E-state index < -0.39 is 0 Å². The molecule has 1 aromatic heterocycles. The average Bonchev–Trinajstić information content (AvgIpc) is 2.82. The lowest BCUT2D eigenvalue weighted by Crippen LogP contribution is -2.10. The van der Waals surface area contributed by atoms with Crippen molar-refractivity contribution in [3.63, 3.8) is 0 Å². The Hall–Kier alpha value is -1.19. The minimum Gasteiger partial charge on any atom is -0.330 e. The summed E-state index contributed by atoms with van der Waals surface area (Å²) < 4.78 is 0. The molecule has 2 aromatic rings. The van der Waals surface area contributed by atoms with E-state index in [2.05, 4.69) is 52.0 Å². The molecule has 114 valence electrons. The van der Waals surface area contributed by atoms with Crippen LogP contribution in [0.2, 0.25) is 0 Å². The van der Waals surface area contributed by atoms with Crippen LogP contribution in [0.5, 0.6) is 0 Å². The van der Waals surface area contributed by atoms with Crippen molar-refractivity contribution in [3.05, 3.63) is 39.7 Å². The number of benzene rings is 1. The zero-order valence-electron chi connectivity index (χ0n) is 13.6. The zero-order chi connectivity index (χ0) is 15.5. The Bertz CT molecular complexity index is 576. The summed E-state index contributed by atoms with van der Waals surface area (Å²) in [4.78, 5) is 6.17. The molecule has 2 rings (SSSR count). The van der Waals surface area contributed by atoms with Crippen LogP contribution in [-0.4, -0.2) is 11.5 Å². The zero-order valence-corrected chi connectivity index (χ0v) is 14.4. The predicted octanol–water partition coefficient (Wildman–Crippen LogP) is 4.56. The SMILES string of the molecule is CCCc1nc(-c2ccc(C(C)(C)C)cc2)c(CCN)s1. The summed E-state index contributed by atoms with van der Waals surface area (Å²) in [5.74, 6) is 0. The number of nitrogens with zero attached hydrogens (tertiary/aromatic N) is 1. The van der Waals surface area contributed by atoms with Crippen molar-refractivity contribution in [1.29, 1.82) is 0 Å². The van der Waals surface area contributed by atoms with Crippen molar-refractivity contribution in [3.8, 4) is 11.3 Å². The molecule has 0 aliphatic heterocycles. The summed E-state index contributed by atoms with van der Waals surface area (Å²) in [5.41, 5.74) is 9.64. The highest BCUT2D eigenvalue weighted by Gasteiger charge is 2.15. The van der Waals surface area contributed by atoms with Gasteiger partial charge in [-0.2, -0.15) is 0 Å². The van der Waals surface area contributed by atoms with Crippen LogP contribution >= 0.6 is 11.3 Å². The molecule has 0 aliphatic rings. The number of hydrogen-bond donors (Lipinski definition) is 1. The van der Waals surface area contributed by atoms with E-state index >= 15 is 0 Å². The maximum absolute atomic E-state index is 5.75. The quantitative estimate of drug-likeness (QED) is 0.879. The molecular weight excluding hydrogens is 276 g/mol. The fraction of sp³-hybridized carbons (Fsp3) is 0.500. The van der Waals surface area contributed by atoms with Crippen molar-refractivity contribution in [1.82, 2.24) is 4.98 Å². The van der Waals surface area contributed by atoms with Crippen molar-refractivity contribution in [2.45, 2.75) is 52.4 Å². The van der Waals surface area contributed by atoms with Crippen LogP contribution < -0.4 is 5.73 Å². The Labute approximate surface area is 132 Å². The smallest absolute Gasteiger partial charge is 0.0935 e. The van der Waals surface area contributed by atoms with E-state index in [0.29, 0.717) is 6.54 Å². The van der Waals surface area contributed by atoms with E-state index in [1.807, 2.05) is 11.3 Å². The predicted molar refractivity (Wildman–Crippen MR) is 93.0 cm³/mol. The van der Waals surface area contributed by atoms with Gasteiger partial charge in [-0.15, -0.1) is 11.3 Å². The second-order valence-electron chi connectivity index (χ2n) is 6.50. The lowest BCUT2D eigenvalue weighted by molar-refractivity contribution is 0.590. The van der Waals surface area contributed by atoms with Gasteiger partial charge in [0.15, 0.2) is 0 Å². The number of aromatic nitrogens is 1. The molecule has 3 heteroatoms. The second-order valence-corrected chi connectivity index (χ2v) is 7.66. The van der Waals surface area contributed by atoms with Crippen LogP contribution in [0, 0.1) is 0 Å². The molecule has 0 spiro atoms. The fourth-order valence-electron chi connectivity index (χ4n) is 2.38. The average molecular weight is 302 g/mol. The topological polar surface area (TPSA) is 38.9 Å². The van der Waals surface area contributed by atoms with E-state index in [-0.39, 0.29) is 5.41 Å². The van der Waals surface area contributed by atoms with Gasteiger partial charge in [-0.05, 0) is 36.8 Å². The molecule has 1 aromatic carbocycles. The molecule has 2 N–H and O–H groups in total. The van der Waals surface area contributed by atoms with Crippen LogP contribution in [0.15, 0.2) is 24.3 Å². The normalized spacial score (nSPS) is 11.9. The van der Waals surface area contributed by atoms with Gasteiger partial charge in [0.2, 0.25) is 0 Å². The molecule has 0 aliphatic carbocycles. The third-order valence-electron chi connectivity index (χ3n) is 3.60. The van der Waals surface area contributed by atoms with Gasteiger partial charge in [0, 0.05) is 10.4 Å². The Morgan fingerprint density at radius 2 is 1.76 bits per heavy atom. The number of nitrogens with two attached hydrogens (primary N) is 1. The minimum atomic E-state index is 0.189. The number of aryl methyl sites for hydroxylation is 1. The first-order valence-electron chi connectivity index (χ1n) is 7.75. The summed E-state index contributed by atoms with van der Waals surface area (Å²) >= 11 is 1.82. The van der Waals surface area contributed by atoms with Crippen LogP contribution in [0.4, 0.5) is 0 Å². The summed E-state index contributed by atoms with van der Waals surface area (Å²) in [7, 11) is 0. The number of hydrogen-bond acceptors (Lipinski definition) is 3.